The first-order valence-electron chi connectivity index (χ1n) is 9.57. The lowest BCUT2D eigenvalue weighted by Gasteiger charge is -2.16. The van der Waals surface area contributed by atoms with Crippen molar-refractivity contribution >= 4 is 12.4 Å². The summed E-state index contributed by atoms with van der Waals surface area (Å²) in [7, 11) is 3.28. The smallest absolute Gasteiger partial charge is 0.166 e. The second-order valence-electron chi connectivity index (χ2n) is 6.57. The molecule has 0 aliphatic heterocycles. The third kappa shape index (κ3) is 6.12. The zero-order chi connectivity index (χ0) is 20.5. The summed E-state index contributed by atoms with van der Waals surface area (Å²) in [5, 5.41) is 3.44. The third-order valence-corrected chi connectivity index (χ3v) is 4.69. The maximum absolute atomic E-state index is 13.9. The SMILES string of the molecule is COc1ccccc1CCNCc1cccc(OC)c1OCc1ccccc1F.Cl. The predicted octanol–water partition coefficient (Wildman–Crippen LogP) is 5.18. The van der Waals surface area contributed by atoms with Gasteiger partial charge in [0.05, 0.1) is 14.2 Å². The van der Waals surface area contributed by atoms with Crippen LogP contribution in [0.1, 0.15) is 16.7 Å². The molecule has 0 bridgehead atoms. The van der Waals surface area contributed by atoms with Gasteiger partial charge >= 0.3 is 0 Å². The van der Waals surface area contributed by atoms with E-state index in [0.29, 0.717) is 23.6 Å². The molecule has 0 unspecified atom stereocenters. The summed E-state index contributed by atoms with van der Waals surface area (Å²) in [6.07, 6.45) is 0.847. The zero-order valence-corrected chi connectivity index (χ0v) is 18.0. The molecule has 6 heteroatoms. The Bertz CT molecular complexity index is 936. The first-order chi connectivity index (χ1) is 14.2. The summed E-state index contributed by atoms with van der Waals surface area (Å²) in [5.74, 6) is 1.87. The lowest BCUT2D eigenvalue weighted by atomic mass is 10.1. The zero-order valence-electron chi connectivity index (χ0n) is 17.2. The standard InChI is InChI=1S/C24H26FNO3.ClH/c1-27-22-12-6-4-8-18(22)14-15-26-16-19-10-7-13-23(28-2)24(19)29-17-20-9-3-5-11-21(20)25;/h3-13,26H,14-17H2,1-2H3;1H. The Morgan fingerprint density at radius 2 is 1.40 bits per heavy atom. The van der Waals surface area contributed by atoms with Crippen molar-refractivity contribution in [3.63, 3.8) is 0 Å². The molecule has 0 aliphatic carbocycles. The largest absolute Gasteiger partial charge is 0.496 e. The van der Waals surface area contributed by atoms with Crippen molar-refractivity contribution in [1.29, 1.82) is 0 Å². The molecule has 30 heavy (non-hydrogen) atoms. The molecule has 0 saturated carbocycles. The van der Waals surface area contributed by atoms with Crippen molar-refractivity contribution in [3.8, 4) is 17.2 Å². The summed E-state index contributed by atoms with van der Waals surface area (Å²) in [6.45, 7) is 1.53. The normalized spacial score (nSPS) is 10.2. The highest BCUT2D eigenvalue weighted by atomic mass is 35.5. The average molecular weight is 432 g/mol. The number of para-hydroxylation sites is 2. The Balaban J connectivity index is 0.00000320. The molecular weight excluding hydrogens is 405 g/mol. The molecule has 0 radical (unpaired) electrons. The molecule has 0 heterocycles. The number of hydrogen-bond acceptors (Lipinski definition) is 4. The Hall–Kier alpha value is -2.76. The van der Waals surface area contributed by atoms with Gasteiger partial charge in [0.25, 0.3) is 0 Å². The van der Waals surface area contributed by atoms with Crippen LogP contribution < -0.4 is 19.5 Å². The van der Waals surface area contributed by atoms with Crippen molar-refractivity contribution in [3.05, 3.63) is 89.2 Å². The highest BCUT2D eigenvalue weighted by molar-refractivity contribution is 5.85. The number of rotatable bonds is 10. The van der Waals surface area contributed by atoms with Crippen LogP contribution in [0.15, 0.2) is 66.7 Å². The van der Waals surface area contributed by atoms with E-state index in [2.05, 4.69) is 11.4 Å². The van der Waals surface area contributed by atoms with Gasteiger partial charge in [-0.3, -0.25) is 0 Å². The minimum atomic E-state index is -0.279. The number of methoxy groups -OCH3 is 2. The van der Waals surface area contributed by atoms with Crippen LogP contribution in [0, 0.1) is 5.82 Å². The predicted molar refractivity (Wildman–Crippen MR) is 119 cm³/mol. The molecule has 160 valence electrons. The minimum absolute atomic E-state index is 0. The van der Waals surface area contributed by atoms with Crippen molar-refractivity contribution in [2.45, 2.75) is 19.6 Å². The van der Waals surface area contributed by atoms with Crippen LogP contribution >= 0.6 is 12.4 Å². The molecule has 0 fully saturated rings. The third-order valence-electron chi connectivity index (χ3n) is 4.69. The summed E-state index contributed by atoms with van der Waals surface area (Å²) in [5.41, 5.74) is 2.62. The van der Waals surface area contributed by atoms with Crippen molar-refractivity contribution < 1.29 is 18.6 Å². The summed E-state index contributed by atoms with van der Waals surface area (Å²) < 4.78 is 30.7. The van der Waals surface area contributed by atoms with Crippen LogP contribution in [-0.4, -0.2) is 20.8 Å². The molecule has 0 saturated heterocycles. The molecule has 0 spiro atoms. The Labute approximate surface area is 183 Å². The lowest BCUT2D eigenvalue weighted by molar-refractivity contribution is 0.276. The van der Waals surface area contributed by atoms with E-state index >= 15 is 0 Å². The molecule has 0 aromatic heterocycles. The van der Waals surface area contributed by atoms with E-state index < -0.39 is 0 Å². The van der Waals surface area contributed by atoms with Crippen molar-refractivity contribution in [2.24, 2.45) is 0 Å². The maximum atomic E-state index is 13.9. The Morgan fingerprint density at radius 3 is 2.13 bits per heavy atom. The second-order valence-corrected chi connectivity index (χ2v) is 6.57. The van der Waals surface area contributed by atoms with Crippen LogP contribution in [0.5, 0.6) is 17.2 Å². The van der Waals surface area contributed by atoms with Gasteiger partial charge in [-0.25, -0.2) is 4.39 Å². The first-order valence-corrected chi connectivity index (χ1v) is 9.57. The highest BCUT2D eigenvalue weighted by Gasteiger charge is 2.12. The van der Waals surface area contributed by atoms with Crippen molar-refractivity contribution in [1.82, 2.24) is 5.32 Å². The molecule has 0 atom stereocenters. The van der Waals surface area contributed by atoms with E-state index in [9.17, 15) is 4.39 Å². The van der Waals surface area contributed by atoms with Crippen LogP contribution in [0.3, 0.4) is 0 Å². The van der Waals surface area contributed by atoms with E-state index in [-0.39, 0.29) is 24.8 Å². The monoisotopic (exact) mass is 431 g/mol. The average Bonchev–Trinajstić information content (AvgIpc) is 2.76. The van der Waals surface area contributed by atoms with Gasteiger partial charge in [0.2, 0.25) is 0 Å². The van der Waals surface area contributed by atoms with Crippen LogP contribution in [-0.2, 0) is 19.6 Å². The fraction of sp³-hybridized carbons (Fsp3) is 0.250. The van der Waals surface area contributed by atoms with E-state index in [1.54, 1.807) is 32.4 Å². The van der Waals surface area contributed by atoms with Gasteiger partial charge in [-0.1, -0.05) is 48.5 Å². The number of hydrogen-bond donors (Lipinski definition) is 1. The summed E-state index contributed by atoms with van der Waals surface area (Å²) >= 11 is 0. The lowest BCUT2D eigenvalue weighted by Crippen LogP contribution is -2.18. The molecule has 3 rings (SSSR count). The van der Waals surface area contributed by atoms with Crippen LogP contribution in [0.2, 0.25) is 0 Å². The number of halogens is 2. The topological polar surface area (TPSA) is 39.7 Å². The van der Waals surface area contributed by atoms with E-state index in [1.807, 2.05) is 36.4 Å². The minimum Gasteiger partial charge on any atom is -0.496 e. The molecule has 4 nitrogen and oxygen atoms in total. The van der Waals surface area contributed by atoms with Crippen molar-refractivity contribution in [2.75, 3.05) is 20.8 Å². The number of ether oxygens (including phenoxy) is 3. The second kappa shape index (κ2) is 12.1. The quantitative estimate of drug-likeness (QED) is 0.449. The van der Waals surface area contributed by atoms with Gasteiger partial charge in [0.1, 0.15) is 18.2 Å². The fourth-order valence-corrected chi connectivity index (χ4v) is 3.15. The van der Waals surface area contributed by atoms with Gasteiger partial charge in [-0.05, 0) is 36.7 Å². The van der Waals surface area contributed by atoms with Gasteiger partial charge in [0, 0.05) is 17.7 Å². The summed E-state index contributed by atoms with van der Waals surface area (Å²) in [4.78, 5) is 0. The number of benzene rings is 3. The van der Waals surface area contributed by atoms with Gasteiger partial charge in [0.15, 0.2) is 11.5 Å². The van der Waals surface area contributed by atoms with Gasteiger partial charge in [-0.15, -0.1) is 12.4 Å². The molecule has 3 aromatic carbocycles. The molecular formula is C24H27ClFNO3. The molecule has 3 aromatic rings. The first kappa shape index (κ1) is 23.5. The molecule has 0 amide bonds. The van der Waals surface area contributed by atoms with Crippen LogP contribution in [0.4, 0.5) is 4.39 Å². The molecule has 0 aliphatic rings. The highest BCUT2D eigenvalue weighted by Crippen LogP contribution is 2.32. The van der Waals surface area contributed by atoms with E-state index in [0.717, 1.165) is 29.8 Å². The number of nitrogens with one attached hydrogen (secondary N) is 1. The Morgan fingerprint density at radius 1 is 0.767 bits per heavy atom. The summed E-state index contributed by atoms with van der Waals surface area (Å²) in [6, 6.07) is 20.4. The van der Waals surface area contributed by atoms with E-state index in [1.165, 1.54) is 6.07 Å². The fourth-order valence-electron chi connectivity index (χ4n) is 3.15. The van der Waals surface area contributed by atoms with Gasteiger partial charge < -0.3 is 19.5 Å². The Kier molecular flexibility index (Phi) is 9.45. The van der Waals surface area contributed by atoms with Crippen LogP contribution in [0.25, 0.3) is 0 Å². The molecule has 1 N–H and O–H groups in total. The van der Waals surface area contributed by atoms with E-state index in [4.69, 9.17) is 14.2 Å². The van der Waals surface area contributed by atoms with Gasteiger partial charge in [-0.2, -0.15) is 0 Å². The maximum Gasteiger partial charge on any atom is 0.166 e.